The van der Waals surface area contributed by atoms with Crippen LogP contribution < -0.4 is 5.32 Å². The number of fused-ring (bicyclic) bond motifs is 1. The Hall–Kier alpha value is -4.64. The molecule has 2 heterocycles. The molecule has 43 heavy (non-hydrogen) atoms. The van der Waals surface area contributed by atoms with Crippen molar-refractivity contribution in [2.24, 2.45) is 0 Å². The van der Waals surface area contributed by atoms with Gasteiger partial charge >= 0.3 is 6.09 Å². The van der Waals surface area contributed by atoms with E-state index in [-0.39, 0.29) is 23.3 Å². The first-order chi connectivity index (χ1) is 20.5. The van der Waals surface area contributed by atoms with Crippen LogP contribution in [-0.2, 0) is 10.2 Å². The van der Waals surface area contributed by atoms with E-state index in [1.54, 1.807) is 23.1 Å². The average molecular weight is 579 g/mol. The molecular weight excluding hydrogens is 540 g/mol. The number of carbonyl (C=O) groups is 2. The van der Waals surface area contributed by atoms with Crippen molar-refractivity contribution in [1.82, 2.24) is 15.2 Å². The first-order valence-corrected chi connectivity index (χ1v) is 14.7. The highest BCUT2D eigenvalue weighted by Crippen LogP contribution is 2.36. The largest absolute Gasteiger partial charge is 0.444 e. The highest BCUT2D eigenvalue weighted by molar-refractivity contribution is 5.94. The van der Waals surface area contributed by atoms with Gasteiger partial charge in [-0.3, -0.25) is 4.79 Å². The highest BCUT2D eigenvalue weighted by Gasteiger charge is 2.38. The molecule has 2 amide bonds. The fourth-order valence-corrected chi connectivity index (χ4v) is 5.58. The standard InChI is InChI=1S/C35H38N4O4/c1-23(2)28-20-27(36-6)21-29-30(28)42-32(38-29)25-14-12-24(13-15-25)31(40)37-22-35(26-10-8-7-9-11-26)16-18-39(19-17-35)33(41)43-34(3,4)5/h7-15,20-21,23H,16-19,22H2,1-5H3,(H,37,40). The van der Waals surface area contributed by atoms with E-state index in [4.69, 9.17) is 15.7 Å². The summed E-state index contributed by atoms with van der Waals surface area (Å²) in [5, 5.41) is 3.16. The molecule has 0 aliphatic carbocycles. The molecule has 1 fully saturated rings. The Morgan fingerprint density at radius 2 is 1.74 bits per heavy atom. The van der Waals surface area contributed by atoms with Crippen molar-refractivity contribution in [3.05, 3.63) is 94.8 Å². The summed E-state index contributed by atoms with van der Waals surface area (Å²) in [6, 6.07) is 21.0. The number of amides is 2. The van der Waals surface area contributed by atoms with Crippen molar-refractivity contribution in [2.75, 3.05) is 19.6 Å². The molecule has 222 valence electrons. The molecule has 8 heteroatoms. The van der Waals surface area contributed by atoms with E-state index in [2.05, 4.69) is 41.1 Å². The summed E-state index contributed by atoms with van der Waals surface area (Å²) in [6.45, 7) is 18.7. The zero-order chi connectivity index (χ0) is 30.8. The van der Waals surface area contributed by atoms with E-state index in [0.717, 1.165) is 16.7 Å². The number of hydrogen-bond acceptors (Lipinski definition) is 5. The summed E-state index contributed by atoms with van der Waals surface area (Å²) in [4.78, 5) is 36.0. The number of benzene rings is 3. The van der Waals surface area contributed by atoms with Crippen LogP contribution in [-0.4, -0.2) is 47.1 Å². The molecule has 0 bridgehead atoms. The maximum Gasteiger partial charge on any atom is 0.410 e. The fourth-order valence-electron chi connectivity index (χ4n) is 5.58. The maximum absolute atomic E-state index is 13.3. The average Bonchev–Trinajstić information content (AvgIpc) is 3.43. The van der Waals surface area contributed by atoms with Gasteiger partial charge in [-0.1, -0.05) is 44.2 Å². The Balaban J connectivity index is 1.30. The molecule has 3 aromatic carbocycles. The minimum Gasteiger partial charge on any atom is -0.444 e. The maximum atomic E-state index is 13.3. The third kappa shape index (κ3) is 6.56. The van der Waals surface area contributed by atoms with E-state index in [0.29, 0.717) is 60.7 Å². The monoisotopic (exact) mass is 578 g/mol. The second-order valence-electron chi connectivity index (χ2n) is 12.5. The number of aromatic nitrogens is 1. The van der Waals surface area contributed by atoms with Gasteiger partial charge in [0.2, 0.25) is 5.89 Å². The lowest BCUT2D eigenvalue weighted by Crippen LogP contribution is -2.51. The Kier molecular flexibility index (Phi) is 8.27. The third-order valence-corrected chi connectivity index (χ3v) is 7.99. The molecule has 5 rings (SSSR count). The van der Waals surface area contributed by atoms with Crippen molar-refractivity contribution in [1.29, 1.82) is 0 Å². The Morgan fingerprint density at radius 3 is 2.35 bits per heavy atom. The SMILES string of the molecule is [C-]#[N+]c1cc(C(C)C)c2oc(-c3ccc(C(=O)NCC4(c5ccccc5)CCN(C(=O)OC(C)(C)C)CC4)cc3)nc2c1. The normalized spacial score (nSPS) is 14.9. The third-order valence-electron chi connectivity index (χ3n) is 7.99. The summed E-state index contributed by atoms with van der Waals surface area (Å²) < 4.78 is 11.7. The Morgan fingerprint density at radius 1 is 1.07 bits per heavy atom. The number of rotatable bonds is 6. The van der Waals surface area contributed by atoms with Crippen LogP contribution in [0.2, 0.25) is 0 Å². The topological polar surface area (TPSA) is 89.0 Å². The van der Waals surface area contributed by atoms with Gasteiger partial charge in [-0.15, -0.1) is 0 Å². The number of likely N-dealkylation sites (tertiary alicyclic amines) is 1. The number of carbonyl (C=O) groups excluding carboxylic acids is 2. The van der Waals surface area contributed by atoms with Crippen molar-refractivity contribution in [2.45, 2.75) is 64.4 Å². The van der Waals surface area contributed by atoms with Gasteiger partial charge in [-0.05, 0) is 87.1 Å². The molecule has 1 aliphatic heterocycles. The van der Waals surface area contributed by atoms with Crippen molar-refractivity contribution >= 4 is 28.8 Å². The van der Waals surface area contributed by atoms with Gasteiger partial charge in [0, 0.05) is 36.2 Å². The smallest absolute Gasteiger partial charge is 0.410 e. The van der Waals surface area contributed by atoms with Gasteiger partial charge in [0.15, 0.2) is 11.3 Å². The summed E-state index contributed by atoms with van der Waals surface area (Å²) in [5.41, 5.74) is 4.40. The molecule has 1 N–H and O–H groups in total. The molecule has 8 nitrogen and oxygen atoms in total. The number of nitrogens with zero attached hydrogens (tertiary/aromatic N) is 3. The predicted molar refractivity (Wildman–Crippen MR) is 167 cm³/mol. The zero-order valence-corrected chi connectivity index (χ0v) is 25.4. The van der Waals surface area contributed by atoms with Crippen LogP contribution in [0.25, 0.3) is 27.4 Å². The van der Waals surface area contributed by atoms with Crippen LogP contribution in [0.5, 0.6) is 0 Å². The molecule has 1 aromatic heterocycles. The number of ether oxygens (including phenoxy) is 1. The molecule has 0 spiro atoms. The van der Waals surface area contributed by atoms with E-state index in [1.165, 1.54) is 0 Å². The summed E-state index contributed by atoms with van der Waals surface area (Å²) >= 11 is 0. The lowest BCUT2D eigenvalue weighted by atomic mass is 9.72. The lowest BCUT2D eigenvalue weighted by Gasteiger charge is -2.42. The van der Waals surface area contributed by atoms with Gasteiger partial charge < -0.3 is 19.4 Å². The predicted octanol–water partition coefficient (Wildman–Crippen LogP) is 7.87. The molecule has 0 saturated carbocycles. The van der Waals surface area contributed by atoms with E-state index in [1.807, 2.05) is 57.2 Å². The zero-order valence-electron chi connectivity index (χ0n) is 25.4. The summed E-state index contributed by atoms with van der Waals surface area (Å²) in [5.74, 6) is 0.461. The number of hydrogen-bond donors (Lipinski definition) is 1. The van der Waals surface area contributed by atoms with Gasteiger partial charge in [-0.2, -0.15) is 0 Å². The molecule has 0 atom stereocenters. The van der Waals surface area contributed by atoms with E-state index < -0.39 is 5.60 Å². The van der Waals surface area contributed by atoms with Crippen molar-refractivity contribution < 1.29 is 18.7 Å². The molecule has 1 aliphatic rings. The van der Waals surface area contributed by atoms with E-state index in [9.17, 15) is 9.59 Å². The molecule has 4 aromatic rings. The van der Waals surface area contributed by atoms with E-state index >= 15 is 0 Å². The number of oxazole rings is 1. The summed E-state index contributed by atoms with van der Waals surface area (Å²) in [7, 11) is 0. The van der Waals surface area contributed by atoms with Crippen LogP contribution in [0.3, 0.4) is 0 Å². The second-order valence-corrected chi connectivity index (χ2v) is 12.5. The van der Waals surface area contributed by atoms with Gasteiger partial charge in [-0.25, -0.2) is 14.6 Å². The van der Waals surface area contributed by atoms with Crippen molar-refractivity contribution in [3.8, 4) is 11.5 Å². The van der Waals surface area contributed by atoms with Crippen LogP contribution in [0.1, 0.15) is 74.9 Å². The van der Waals surface area contributed by atoms with Crippen LogP contribution in [0, 0.1) is 6.57 Å². The van der Waals surface area contributed by atoms with Crippen LogP contribution in [0.15, 0.2) is 71.1 Å². The Bertz CT molecular complexity index is 1650. The van der Waals surface area contributed by atoms with Crippen LogP contribution >= 0.6 is 0 Å². The lowest BCUT2D eigenvalue weighted by molar-refractivity contribution is 0.0162. The molecule has 0 radical (unpaired) electrons. The first kappa shape index (κ1) is 29.8. The molecular formula is C35H38N4O4. The first-order valence-electron chi connectivity index (χ1n) is 14.7. The van der Waals surface area contributed by atoms with Gasteiger partial charge in [0.05, 0.1) is 12.1 Å². The second kappa shape index (κ2) is 11.9. The number of nitrogens with one attached hydrogen (secondary N) is 1. The fraction of sp³-hybridized carbons (Fsp3) is 0.371. The Labute approximate surface area is 252 Å². The van der Waals surface area contributed by atoms with Crippen molar-refractivity contribution in [3.63, 3.8) is 0 Å². The highest BCUT2D eigenvalue weighted by atomic mass is 16.6. The van der Waals surface area contributed by atoms with Gasteiger partial charge in [0.1, 0.15) is 5.60 Å². The minimum atomic E-state index is -0.548. The van der Waals surface area contributed by atoms with Crippen LogP contribution in [0.4, 0.5) is 10.5 Å². The quantitative estimate of drug-likeness (QED) is 0.235. The summed E-state index contributed by atoms with van der Waals surface area (Å²) in [6.07, 6.45) is 1.12. The van der Waals surface area contributed by atoms with Gasteiger partial charge in [0.25, 0.3) is 5.91 Å². The molecule has 0 unspecified atom stereocenters. The molecule has 1 saturated heterocycles. The number of piperidine rings is 1. The minimum absolute atomic E-state index is 0.169.